The molecule has 25 heavy (non-hydrogen) atoms. The molecule has 2 saturated heterocycles. The number of anilines is 1. The van der Waals surface area contributed by atoms with E-state index in [2.05, 4.69) is 0 Å². The molecule has 4 rings (SSSR count). The highest BCUT2D eigenvalue weighted by molar-refractivity contribution is 7.91. The summed E-state index contributed by atoms with van der Waals surface area (Å²) in [5.41, 5.74) is 1.47. The van der Waals surface area contributed by atoms with Crippen molar-refractivity contribution in [2.24, 2.45) is 0 Å². The van der Waals surface area contributed by atoms with E-state index in [1.165, 1.54) is 29.2 Å². The van der Waals surface area contributed by atoms with Gasteiger partial charge in [0.1, 0.15) is 5.82 Å². The van der Waals surface area contributed by atoms with Crippen LogP contribution in [0.1, 0.15) is 5.56 Å². The van der Waals surface area contributed by atoms with Gasteiger partial charge in [-0.05, 0) is 29.8 Å². The summed E-state index contributed by atoms with van der Waals surface area (Å²) in [6, 6.07) is 14.0. The number of hydrogen-bond acceptors (Lipinski definition) is 3. The molecule has 0 aromatic heterocycles. The van der Waals surface area contributed by atoms with Gasteiger partial charge in [-0.25, -0.2) is 17.6 Å². The fourth-order valence-electron chi connectivity index (χ4n) is 3.65. The summed E-state index contributed by atoms with van der Waals surface area (Å²) in [4.78, 5) is 16.1. The number of sulfone groups is 1. The van der Waals surface area contributed by atoms with Crippen LogP contribution in [0.5, 0.6) is 0 Å². The summed E-state index contributed by atoms with van der Waals surface area (Å²) >= 11 is 0. The van der Waals surface area contributed by atoms with Crippen molar-refractivity contribution in [3.63, 3.8) is 0 Å². The minimum absolute atomic E-state index is 0.0338. The summed E-state index contributed by atoms with van der Waals surface area (Å²) in [5.74, 6) is -0.493. The zero-order valence-corrected chi connectivity index (χ0v) is 14.2. The van der Waals surface area contributed by atoms with E-state index in [1.54, 1.807) is 4.90 Å². The molecule has 2 aromatic rings. The van der Waals surface area contributed by atoms with Crippen LogP contribution in [0.4, 0.5) is 14.9 Å². The first-order chi connectivity index (χ1) is 11.9. The molecule has 0 aliphatic carbocycles. The third kappa shape index (κ3) is 2.89. The van der Waals surface area contributed by atoms with Crippen LogP contribution in [-0.2, 0) is 16.4 Å². The number of hydrogen-bond donors (Lipinski definition) is 0. The number of fused-ring (bicyclic) bond motifs is 1. The summed E-state index contributed by atoms with van der Waals surface area (Å²) < 4.78 is 37.5. The van der Waals surface area contributed by atoms with Crippen molar-refractivity contribution in [3.05, 3.63) is 66.0 Å². The third-order valence-corrected chi connectivity index (χ3v) is 6.48. The Labute approximate surface area is 145 Å². The minimum atomic E-state index is -3.21. The lowest BCUT2D eigenvalue weighted by molar-refractivity contribution is 0.206. The standard InChI is InChI=1S/C18H17FN2O3S/c19-14-6-8-15(9-7-14)21-17-12-25(23,24)11-16(17)20(18(21)22)10-13-4-2-1-3-5-13/h1-9,16-17H,10-12H2/t16-,17-/m0/s1. The first-order valence-electron chi connectivity index (χ1n) is 8.04. The monoisotopic (exact) mass is 360 g/mol. The highest BCUT2D eigenvalue weighted by Gasteiger charge is 2.53. The molecule has 2 aromatic carbocycles. The van der Waals surface area contributed by atoms with Crippen molar-refractivity contribution < 1.29 is 17.6 Å². The second-order valence-electron chi connectivity index (χ2n) is 6.45. The van der Waals surface area contributed by atoms with Crippen LogP contribution in [-0.4, -0.2) is 42.9 Å². The molecule has 2 aliphatic heterocycles. The van der Waals surface area contributed by atoms with Crippen LogP contribution in [0.3, 0.4) is 0 Å². The summed E-state index contributed by atoms with van der Waals surface area (Å²) in [6.07, 6.45) is 0. The van der Waals surface area contributed by atoms with Crippen LogP contribution in [0, 0.1) is 5.82 Å². The van der Waals surface area contributed by atoms with Gasteiger partial charge in [0, 0.05) is 12.2 Å². The van der Waals surface area contributed by atoms with Gasteiger partial charge in [-0.15, -0.1) is 0 Å². The van der Waals surface area contributed by atoms with Gasteiger partial charge in [0.05, 0.1) is 23.6 Å². The van der Waals surface area contributed by atoms with E-state index in [4.69, 9.17) is 0 Å². The topological polar surface area (TPSA) is 57.7 Å². The van der Waals surface area contributed by atoms with Gasteiger partial charge >= 0.3 is 6.03 Å². The Bertz CT molecular complexity index is 900. The quantitative estimate of drug-likeness (QED) is 0.790. The zero-order valence-electron chi connectivity index (χ0n) is 13.4. The van der Waals surface area contributed by atoms with Gasteiger partial charge in [0.2, 0.25) is 0 Å². The Morgan fingerprint density at radius 3 is 2.28 bits per heavy atom. The van der Waals surface area contributed by atoms with Gasteiger partial charge in [-0.3, -0.25) is 4.90 Å². The minimum Gasteiger partial charge on any atom is -0.314 e. The maximum Gasteiger partial charge on any atom is 0.325 e. The van der Waals surface area contributed by atoms with Gasteiger partial charge < -0.3 is 4.90 Å². The molecule has 7 heteroatoms. The van der Waals surface area contributed by atoms with Crippen molar-refractivity contribution in [2.45, 2.75) is 18.6 Å². The second-order valence-corrected chi connectivity index (χ2v) is 8.61. The van der Waals surface area contributed by atoms with Gasteiger partial charge in [0.25, 0.3) is 0 Å². The Kier molecular flexibility index (Phi) is 3.76. The third-order valence-electron chi connectivity index (χ3n) is 4.78. The predicted molar refractivity (Wildman–Crippen MR) is 92.5 cm³/mol. The van der Waals surface area contributed by atoms with Gasteiger partial charge in [0.15, 0.2) is 9.84 Å². The Morgan fingerprint density at radius 2 is 1.60 bits per heavy atom. The molecule has 2 heterocycles. The maximum atomic E-state index is 13.2. The number of nitrogens with zero attached hydrogens (tertiary/aromatic N) is 2. The van der Waals surface area contributed by atoms with E-state index in [9.17, 15) is 17.6 Å². The first kappa shape index (κ1) is 16.1. The smallest absolute Gasteiger partial charge is 0.314 e. The van der Waals surface area contributed by atoms with E-state index < -0.39 is 21.7 Å². The number of rotatable bonds is 3. The largest absolute Gasteiger partial charge is 0.325 e. The van der Waals surface area contributed by atoms with Crippen molar-refractivity contribution in [2.75, 3.05) is 16.4 Å². The first-order valence-corrected chi connectivity index (χ1v) is 9.86. The predicted octanol–water partition coefficient (Wildman–Crippen LogP) is 2.43. The maximum absolute atomic E-state index is 13.2. The van der Waals surface area contributed by atoms with Crippen LogP contribution in [0.2, 0.25) is 0 Å². The van der Waals surface area contributed by atoms with E-state index in [1.807, 2.05) is 30.3 Å². The average Bonchev–Trinajstić information content (AvgIpc) is 3.01. The van der Waals surface area contributed by atoms with Crippen LogP contribution in [0.25, 0.3) is 0 Å². The van der Waals surface area contributed by atoms with Crippen LogP contribution < -0.4 is 4.90 Å². The number of urea groups is 1. The Hall–Kier alpha value is -2.41. The van der Waals surface area contributed by atoms with Crippen molar-refractivity contribution in [1.82, 2.24) is 4.90 Å². The van der Waals surface area contributed by atoms with E-state index in [0.717, 1.165) is 5.56 Å². The van der Waals surface area contributed by atoms with Crippen LogP contribution >= 0.6 is 0 Å². The number of carbonyl (C=O) groups is 1. The second kappa shape index (κ2) is 5.84. The molecule has 0 N–H and O–H groups in total. The lowest BCUT2D eigenvalue weighted by atomic mass is 10.1. The summed E-state index contributed by atoms with van der Waals surface area (Å²) in [6.45, 7) is 0.355. The fourth-order valence-corrected chi connectivity index (χ4v) is 5.60. The number of carbonyl (C=O) groups excluding carboxylic acids is 1. The van der Waals surface area contributed by atoms with Gasteiger partial charge in [-0.2, -0.15) is 0 Å². The highest BCUT2D eigenvalue weighted by atomic mass is 32.2. The number of amides is 2. The number of benzene rings is 2. The molecule has 5 nitrogen and oxygen atoms in total. The molecule has 2 aliphatic rings. The summed E-state index contributed by atoms with van der Waals surface area (Å²) in [5, 5.41) is 0. The molecule has 2 atom stereocenters. The highest BCUT2D eigenvalue weighted by Crippen LogP contribution is 2.35. The van der Waals surface area contributed by atoms with E-state index in [0.29, 0.717) is 12.2 Å². The molecule has 0 spiro atoms. The SMILES string of the molecule is O=C1N(Cc2ccccc2)[C@H]2CS(=O)(=O)C[C@@H]2N1c1ccc(F)cc1. The zero-order chi connectivity index (χ0) is 17.6. The van der Waals surface area contributed by atoms with Crippen molar-refractivity contribution in [1.29, 1.82) is 0 Å². The lowest BCUT2D eigenvalue weighted by Gasteiger charge is -2.22. The average molecular weight is 360 g/mol. The lowest BCUT2D eigenvalue weighted by Crippen LogP contribution is -2.37. The Morgan fingerprint density at radius 1 is 0.960 bits per heavy atom. The molecule has 0 bridgehead atoms. The molecule has 2 fully saturated rings. The van der Waals surface area contributed by atoms with E-state index >= 15 is 0 Å². The number of halogens is 1. The molecule has 0 radical (unpaired) electrons. The Balaban J connectivity index is 1.71. The van der Waals surface area contributed by atoms with E-state index in [-0.39, 0.29) is 23.6 Å². The fraction of sp³-hybridized carbons (Fsp3) is 0.278. The summed E-state index contributed by atoms with van der Waals surface area (Å²) in [7, 11) is -3.21. The molecule has 0 saturated carbocycles. The molecule has 130 valence electrons. The van der Waals surface area contributed by atoms with Crippen molar-refractivity contribution >= 4 is 21.6 Å². The molecule has 2 amide bonds. The molecule has 0 unspecified atom stereocenters. The van der Waals surface area contributed by atoms with Gasteiger partial charge in [-0.1, -0.05) is 30.3 Å². The van der Waals surface area contributed by atoms with Crippen LogP contribution in [0.15, 0.2) is 54.6 Å². The molecular weight excluding hydrogens is 343 g/mol. The normalized spacial score (nSPS) is 24.6. The van der Waals surface area contributed by atoms with Crippen molar-refractivity contribution in [3.8, 4) is 0 Å². The molecular formula is C18H17FN2O3S.